The minimum atomic E-state index is -3.64. The number of carbonyl (C=O) groups excluding carboxylic acids is 2. The maximum absolute atomic E-state index is 12.8. The molecular weight excluding hydrogens is 408 g/mol. The van der Waals surface area contributed by atoms with E-state index in [0.29, 0.717) is 11.3 Å². The molecule has 9 heteroatoms. The van der Waals surface area contributed by atoms with E-state index >= 15 is 0 Å². The van der Waals surface area contributed by atoms with Crippen molar-refractivity contribution in [2.75, 3.05) is 18.2 Å². The maximum atomic E-state index is 12.8. The lowest BCUT2D eigenvalue weighted by molar-refractivity contribution is 0.0526. The highest BCUT2D eigenvalue weighted by atomic mass is 32.2. The van der Waals surface area contributed by atoms with Crippen molar-refractivity contribution in [3.63, 3.8) is 0 Å². The number of urea groups is 1. The number of anilines is 1. The third-order valence-electron chi connectivity index (χ3n) is 4.03. The Bertz CT molecular complexity index is 987. The van der Waals surface area contributed by atoms with Crippen LogP contribution in [0.15, 0.2) is 48.5 Å². The molecule has 0 aliphatic heterocycles. The third-order valence-corrected chi connectivity index (χ3v) is 4.53. The standard InChI is InChI=1S/C21H26N2O6S/c1-5-28-20(24)17-9-11-18(12-10-17)22-21(25)23(15(2)3)14-16-7-6-8-19(13-16)29-30(4,26)27/h6-13,15H,5,14H2,1-4H3,(H,22,25). The van der Waals surface area contributed by atoms with Gasteiger partial charge in [0.25, 0.3) is 0 Å². The van der Waals surface area contributed by atoms with Crippen LogP contribution in [0.4, 0.5) is 10.5 Å². The van der Waals surface area contributed by atoms with Crippen LogP contribution < -0.4 is 9.50 Å². The van der Waals surface area contributed by atoms with Crippen molar-refractivity contribution >= 4 is 27.8 Å². The number of benzene rings is 2. The van der Waals surface area contributed by atoms with Crippen molar-refractivity contribution < 1.29 is 26.9 Å². The normalized spacial score (nSPS) is 11.1. The Hall–Kier alpha value is -3.07. The van der Waals surface area contributed by atoms with Gasteiger partial charge in [-0.2, -0.15) is 8.42 Å². The molecular formula is C21H26N2O6S. The second kappa shape index (κ2) is 10.1. The molecule has 0 radical (unpaired) electrons. The molecule has 0 aliphatic rings. The van der Waals surface area contributed by atoms with E-state index in [0.717, 1.165) is 11.8 Å². The lowest BCUT2D eigenvalue weighted by Crippen LogP contribution is -2.39. The zero-order valence-corrected chi connectivity index (χ0v) is 18.2. The number of esters is 1. The van der Waals surface area contributed by atoms with Gasteiger partial charge in [0.1, 0.15) is 5.75 Å². The van der Waals surface area contributed by atoms with E-state index in [2.05, 4.69) is 5.32 Å². The topological polar surface area (TPSA) is 102 Å². The Labute approximate surface area is 176 Å². The number of rotatable bonds is 8. The Morgan fingerprint density at radius 2 is 1.77 bits per heavy atom. The molecule has 0 bridgehead atoms. The molecule has 2 amide bonds. The zero-order valence-electron chi connectivity index (χ0n) is 17.4. The smallest absolute Gasteiger partial charge is 0.338 e. The van der Waals surface area contributed by atoms with Crippen molar-refractivity contribution in [3.05, 3.63) is 59.7 Å². The lowest BCUT2D eigenvalue weighted by atomic mass is 10.2. The van der Waals surface area contributed by atoms with Crippen molar-refractivity contribution in [3.8, 4) is 5.75 Å². The first kappa shape index (κ1) is 23.2. The molecule has 0 atom stereocenters. The fourth-order valence-corrected chi connectivity index (χ4v) is 3.11. The largest absolute Gasteiger partial charge is 0.462 e. The van der Waals surface area contributed by atoms with Gasteiger partial charge in [-0.3, -0.25) is 0 Å². The van der Waals surface area contributed by atoms with Crippen LogP contribution in [0.3, 0.4) is 0 Å². The minimum Gasteiger partial charge on any atom is -0.462 e. The van der Waals surface area contributed by atoms with Crippen LogP contribution in [0.2, 0.25) is 0 Å². The second-order valence-electron chi connectivity index (χ2n) is 6.88. The summed E-state index contributed by atoms with van der Waals surface area (Å²) < 4.78 is 32.5. The Kier molecular flexibility index (Phi) is 7.82. The van der Waals surface area contributed by atoms with Gasteiger partial charge < -0.3 is 19.1 Å². The molecule has 0 fully saturated rings. The van der Waals surface area contributed by atoms with Crippen molar-refractivity contribution in [2.45, 2.75) is 33.4 Å². The van der Waals surface area contributed by atoms with E-state index in [-0.39, 0.29) is 31.0 Å². The van der Waals surface area contributed by atoms with Crippen molar-refractivity contribution in [2.24, 2.45) is 0 Å². The number of ether oxygens (including phenoxy) is 1. The van der Waals surface area contributed by atoms with Gasteiger partial charge in [0, 0.05) is 18.3 Å². The first-order valence-electron chi connectivity index (χ1n) is 9.42. The Balaban J connectivity index is 2.10. The second-order valence-corrected chi connectivity index (χ2v) is 8.46. The summed E-state index contributed by atoms with van der Waals surface area (Å²) in [6.07, 6.45) is 0.973. The molecule has 2 rings (SSSR count). The van der Waals surface area contributed by atoms with Gasteiger partial charge >= 0.3 is 22.1 Å². The molecule has 30 heavy (non-hydrogen) atoms. The van der Waals surface area contributed by atoms with Crippen LogP contribution in [0.25, 0.3) is 0 Å². The molecule has 0 aromatic heterocycles. The summed E-state index contributed by atoms with van der Waals surface area (Å²) in [4.78, 5) is 26.1. The summed E-state index contributed by atoms with van der Waals surface area (Å²) in [6, 6.07) is 12.5. The fourth-order valence-electron chi connectivity index (χ4n) is 2.66. The molecule has 162 valence electrons. The average molecular weight is 435 g/mol. The van der Waals surface area contributed by atoms with E-state index in [9.17, 15) is 18.0 Å². The molecule has 0 saturated carbocycles. The molecule has 0 unspecified atom stereocenters. The van der Waals surface area contributed by atoms with E-state index in [4.69, 9.17) is 8.92 Å². The summed E-state index contributed by atoms with van der Waals surface area (Å²) in [6.45, 7) is 6.03. The monoisotopic (exact) mass is 434 g/mol. The van der Waals surface area contributed by atoms with E-state index in [1.165, 1.54) is 6.07 Å². The van der Waals surface area contributed by atoms with Crippen molar-refractivity contribution in [1.29, 1.82) is 0 Å². The van der Waals surface area contributed by atoms with Crippen LogP contribution in [0.5, 0.6) is 5.75 Å². The first-order chi connectivity index (χ1) is 14.1. The number of hydrogen-bond donors (Lipinski definition) is 1. The summed E-state index contributed by atoms with van der Waals surface area (Å²) in [5, 5.41) is 2.80. The highest BCUT2D eigenvalue weighted by Crippen LogP contribution is 2.19. The molecule has 0 heterocycles. The van der Waals surface area contributed by atoms with E-state index in [1.54, 1.807) is 54.3 Å². The number of carbonyl (C=O) groups is 2. The quantitative estimate of drug-likeness (QED) is 0.503. The molecule has 0 aliphatic carbocycles. The third kappa shape index (κ3) is 7.07. The summed E-state index contributed by atoms with van der Waals surface area (Å²) in [7, 11) is -3.64. The maximum Gasteiger partial charge on any atom is 0.338 e. The minimum absolute atomic E-state index is 0.122. The van der Waals surface area contributed by atoms with Gasteiger partial charge in [-0.1, -0.05) is 12.1 Å². The van der Waals surface area contributed by atoms with E-state index in [1.807, 2.05) is 13.8 Å². The molecule has 2 aromatic carbocycles. The Morgan fingerprint density at radius 1 is 1.10 bits per heavy atom. The summed E-state index contributed by atoms with van der Waals surface area (Å²) in [5.74, 6) is -0.232. The van der Waals surface area contributed by atoms with Gasteiger partial charge in [-0.05, 0) is 62.7 Å². The zero-order chi connectivity index (χ0) is 22.3. The van der Waals surface area contributed by atoms with Gasteiger partial charge in [0.05, 0.1) is 18.4 Å². The van der Waals surface area contributed by atoms with Crippen LogP contribution in [0, 0.1) is 0 Å². The predicted octanol–water partition coefficient (Wildman–Crippen LogP) is 3.64. The average Bonchev–Trinajstić information content (AvgIpc) is 2.65. The summed E-state index contributed by atoms with van der Waals surface area (Å²) in [5.41, 5.74) is 1.66. The van der Waals surface area contributed by atoms with Crippen LogP contribution in [0.1, 0.15) is 36.7 Å². The lowest BCUT2D eigenvalue weighted by Gasteiger charge is -2.27. The summed E-state index contributed by atoms with van der Waals surface area (Å²) >= 11 is 0. The van der Waals surface area contributed by atoms with Gasteiger partial charge in [0.15, 0.2) is 0 Å². The number of amides is 2. The van der Waals surface area contributed by atoms with Crippen molar-refractivity contribution in [1.82, 2.24) is 4.90 Å². The SMILES string of the molecule is CCOC(=O)c1ccc(NC(=O)N(Cc2cccc(OS(C)(=O)=O)c2)C(C)C)cc1. The number of nitrogens with zero attached hydrogens (tertiary/aromatic N) is 1. The first-order valence-corrected chi connectivity index (χ1v) is 11.2. The van der Waals surface area contributed by atoms with E-state index < -0.39 is 16.1 Å². The predicted molar refractivity (Wildman–Crippen MR) is 114 cm³/mol. The molecule has 1 N–H and O–H groups in total. The highest BCUT2D eigenvalue weighted by Gasteiger charge is 2.18. The highest BCUT2D eigenvalue weighted by molar-refractivity contribution is 7.86. The molecule has 2 aromatic rings. The number of nitrogens with one attached hydrogen (secondary N) is 1. The van der Waals surface area contributed by atoms with Crippen LogP contribution >= 0.6 is 0 Å². The molecule has 8 nitrogen and oxygen atoms in total. The van der Waals surface area contributed by atoms with Gasteiger partial charge in [-0.25, -0.2) is 9.59 Å². The van der Waals surface area contributed by atoms with Gasteiger partial charge in [-0.15, -0.1) is 0 Å². The fraction of sp³-hybridized carbons (Fsp3) is 0.333. The van der Waals surface area contributed by atoms with Crippen LogP contribution in [-0.2, 0) is 21.4 Å². The molecule has 0 saturated heterocycles. The number of hydrogen-bond acceptors (Lipinski definition) is 6. The Morgan fingerprint density at radius 3 is 2.33 bits per heavy atom. The van der Waals surface area contributed by atoms with Crippen LogP contribution in [-0.4, -0.2) is 44.2 Å². The van der Waals surface area contributed by atoms with Gasteiger partial charge in [0.2, 0.25) is 0 Å². The molecule has 0 spiro atoms.